The molecule has 1 aromatic carbocycles. The van der Waals surface area contributed by atoms with E-state index in [1.165, 1.54) is 6.92 Å². The van der Waals surface area contributed by atoms with Crippen LogP contribution in [0.4, 0.5) is 13.6 Å². The largest absolute Gasteiger partial charge is 0.445 e. The molecule has 0 saturated heterocycles. The number of hydrogen-bond donors (Lipinski definition) is 2. The van der Waals surface area contributed by atoms with Gasteiger partial charge in [0.25, 0.3) is 6.43 Å². The van der Waals surface area contributed by atoms with Crippen molar-refractivity contribution in [2.75, 3.05) is 0 Å². The number of nitrogens with one attached hydrogen (secondary N) is 2. The third-order valence-corrected chi connectivity index (χ3v) is 4.14. The van der Waals surface area contributed by atoms with Gasteiger partial charge in [0, 0.05) is 12.1 Å². The molecule has 0 bridgehead atoms. The standard InChI is InChI=1S/C17H24F2N2O2/c1-12(16(18)19)20-14-7-9-15(10-8-14)21-17(22)23-11-13-5-3-2-4-6-13/h2-6,12,14-16,20H,7-11H2,1H3,(H,21,22). The lowest BCUT2D eigenvalue weighted by Crippen LogP contribution is -2.46. The number of benzene rings is 1. The third-order valence-electron chi connectivity index (χ3n) is 4.14. The van der Waals surface area contributed by atoms with E-state index in [-0.39, 0.29) is 18.7 Å². The molecule has 1 aliphatic rings. The number of alkyl carbamates (subject to hydrolysis) is 1. The second-order valence-corrected chi connectivity index (χ2v) is 6.04. The lowest BCUT2D eigenvalue weighted by atomic mass is 9.91. The molecule has 1 aromatic rings. The molecule has 0 aliphatic heterocycles. The molecule has 0 radical (unpaired) electrons. The Hall–Kier alpha value is -1.69. The Morgan fingerprint density at radius 3 is 2.39 bits per heavy atom. The average Bonchev–Trinajstić information content (AvgIpc) is 2.55. The Bertz CT molecular complexity index is 477. The van der Waals surface area contributed by atoms with Crippen LogP contribution in [0.3, 0.4) is 0 Å². The van der Waals surface area contributed by atoms with Crippen LogP contribution in [0.5, 0.6) is 0 Å². The second kappa shape index (κ2) is 8.82. The first-order valence-electron chi connectivity index (χ1n) is 8.06. The van der Waals surface area contributed by atoms with Crippen LogP contribution in [0, 0.1) is 0 Å². The molecule has 1 aliphatic carbocycles. The monoisotopic (exact) mass is 326 g/mol. The molecule has 1 saturated carbocycles. The van der Waals surface area contributed by atoms with Gasteiger partial charge in [-0.1, -0.05) is 30.3 Å². The summed E-state index contributed by atoms with van der Waals surface area (Å²) in [7, 11) is 0. The Labute approximate surface area is 135 Å². The van der Waals surface area contributed by atoms with E-state index >= 15 is 0 Å². The predicted molar refractivity (Wildman–Crippen MR) is 84.4 cm³/mol. The van der Waals surface area contributed by atoms with Gasteiger partial charge in [0.1, 0.15) is 6.61 Å². The molecule has 4 nitrogen and oxygen atoms in total. The zero-order valence-electron chi connectivity index (χ0n) is 13.3. The Kier molecular flexibility index (Phi) is 6.77. The van der Waals surface area contributed by atoms with E-state index in [9.17, 15) is 13.6 Å². The van der Waals surface area contributed by atoms with E-state index < -0.39 is 18.6 Å². The van der Waals surface area contributed by atoms with Gasteiger partial charge in [-0.25, -0.2) is 13.6 Å². The van der Waals surface area contributed by atoms with Crippen LogP contribution in [-0.4, -0.2) is 30.6 Å². The molecule has 0 heterocycles. The van der Waals surface area contributed by atoms with Crippen LogP contribution in [0.2, 0.25) is 0 Å². The number of hydrogen-bond acceptors (Lipinski definition) is 3. The molecule has 2 N–H and O–H groups in total. The van der Waals surface area contributed by atoms with Crippen LogP contribution < -0.4 is 10.6 Å². The maximum atomic E-state index is 12.5. The molecule has 23 heavy (non-hydrogen) atoms. The van der Waals surface area contributed by atoms with Gasteiger partial charge in [0.05, 0.1) is 6.04 Å². The predicted octanol–water partition coefficient (Wildman–Crippen LogP) is 3.47. The summed E-state index contributed by atoms with van der Waals surface area (Å²) in [6, 6.07) is 8.85. The van der Waals surface area contributed by atoms with Crippen molar-refractivity contribution < 1.29 is 18.3 Å². The molecule has 2 rings (SSSR count). The molecule has 128 valence electrons. The summed E-state index contributed by atoms with van der Waals surface area (Å²) in [6.45, 7) is 1.74. The quantitative estimate of drug-likeness (QED) is 0.841. The number of ether oxygens (including phenoxy) is 1. The average molecular weight is 326 g/mol. The van der Waals surface area contributed by atoms with Gasteiger partial charge in [-0.15, -0.1) is 0 Å². The molecular weight excluding hydrogens is 302 g/mol. The van der Waals surface area contributed by atoms with Crippen molar-refractivity contribution in [1.82, 2.24) is 10.6 Å². The summed E-state index contributed by atoms with van der Waals surface area (Å²) in [6.07, 6.45) is 0.328. The first-order chi connectivity index (χ1) is 11.0. The SMILES string of the molecule is CC(NC1CCC(NC(=O)OCc2ccccc2)CC1)C(F)F. The summed E-state index contributed by atoms with van der Waals surface area (Å²) in [5, 5.41) is 5.79. The van der Waals surface area contributed by atoms with Gasteiger partial charge in [-0.2, -0.15) is 0 Å². The molecule has 6 heteroatoms. The van der Waals surface area contributed by atoms with E-state index in [1.807, 2.05) is 30.3 Å². The van der Waals surface area contributed by atoms with Crippen LogP contribution in [0.1, 0.15) is 38.2 Å². The molecule has 1 amide bonds. The van der Waals surface area contributed by atoms with Crippen molar-refractivity contribution in [3.8, 4) is 0 Å². The lowest BCUT2D eigenvalue weighted by molar-refractivity contribution is 0.0944. The molecule has 1 atom stereocenters. The number of amides is 1. The fraction of sp³-hybridized carbons (Fsp3) is 0.588. The first-order valence-corrected chi connectivity index (χ1v) is 8.06. The van der Waals surface area contributed by atoms with Crippen LogP contribution in [0.15, 0.2) is 30.3 Å². The van der Waals surface area contributed by atoms with Gasteiger partial charge >= 0.3 is 6.09 Å². The fourth-order valence-corrected chi connectivity index (χ4v) is 2.78. The maximum absolute atomic E-state index is 12.5. The third kappa shape index (κ3) is 6.14. The normalized spacial score (nSPS) is 22.6. The highest BCUT2D eigenvalue weighted by molar-refractivity contribution is 5.67. The molecule has 0 aromatic heterocycles. The van der Waals surface area contributed by atoms with Gasteiger partial charge in [-0.05, 0) is 38.2 Å². The van der Waals surface area contributed by atoms with E-state index in [2.05, 4.69) is 10.6 Å². The Morgan fingerprint density at radius 2 is 1.78 bits per heavy atom. The number of alkyl halides is 2. The van der Waals surface area contributed by atoms with E-state index in [1.54, 1.807) is 0 Å². The topological polar surface area (TPSA) is 50.4 Å². The summed E-state index contributed by atoms with van der Waals surface area (Å²) in [4.78, 5) is 11.8. The van der Waals surface area contributed by atoms with Crippen molar-refractivity contribution in [1.29, 1.82) is 0 Å². The number of halogens is 2. The van der Waals surface area contributed by atoms with Crippen molar-refractivity contribution in [2.45, 2.75) is 63.8 Å². The maximum Gasteiger partial charge on any atom is 0.407 e. The fourth-order valence-electron chi connectivity index (χ4n) is 2.78. The van der Waals surface area contributed by atoms with E-state index in [0.29, 0.717) is 0 Å². The first kappa shape index (κ1) is 17.7. The van der Waals surface area contributed by atoms with Gasteiger partial charge in [0.2, 0.25) is 0 Å². The number of rotatable bonds is 6. The summed E-state index contributed by atoms with van der Waals surface area (Å²) < 4.78 is 30.2. The second-order valence-electron chi connectivity index (χ2n) is 6.04. The smallest absolute Gasteiger partial charge is 0.407 e. The van der Waals surface area contributed by atoms with Gasteiger partial charge in [0.15, 0.2) is 0 Å². The minimum absolute atomic E-state index is 0.0539. The van der Waals surface area contributed by atoms with E-state index in [0.717, 1.165) is 31.2 Å². The summed E-state index contributed by atoms with van der Waals surface area (Å²) in [5.74, 6) is 0. The molecule has 1 unspecified atom stereocenters. The van der Waals surface area contributed by atoms with Crippen molar-refractivity contribution in [3.63, 3.8) is 0 Å². The highest BCUT2D eigenvalue weighted by atomic mass is 19.3. The van der Waals surface area contributed by atoms with Crippen molar-refractivity contribution in [2.24, 2.45) is 0 Å². The zero-order valence-corrected chi connectivity index (χ0v) is 13.3. The highest BCUT2D eigenvalue weighted by Gasteiger charge is 2.25. The molecule has 0 spiro atoms. The summed E-state index contributed by atoms with van der Waals surface area (Å²) in [5.41, 5.74) is 0.941. The lowest BCUT2D eigenvalue weighted by Gasteiger charge is -2.31. The Morgan fingerprint density at radius 1 is 1.17 bits per heavy atom. The number of carbonyl (C=O) groups is 1. The number of carbonyl (C=O) groups excluding carboxylic acids is 1. The van der Waals surface area contributed by atoms with Crippen LogP contribution >= 0.6 is 0 Å². The van der Waals surface area contributed by atoms with Crippen molar-refractivity contribution in [3.05, 3.63) is 35.9 Å². The highest BCUT2D eigenvalue weighted by Crippen LogP contribution is 2.20. The molecule has 1 fully saturated rings. The van der Waals surface area contributed by atoms with Crippen molar-refractivity contribution >= 4 is 6.09 Å². The minimum atomic E-state index is -2.35. The molecular formula is C17H24F2N2O2. The Balaban J connectivity index is 1.64. The van der Waals surface area contributed by atoms with Gasteiger partial charge < -0.3 is 15.4 Å². The zero-order chi connectivity index (χ0) is 16.7. The summed E-state index contributed by atoms with van der Waals surface area (Å²) >= 11 is 0. The van der Waals surface area contributed by atoms with Gasteiger partial charge in [-0.3, -0.25) is 0 Å². The van der Waals surface area contributed by atoms with Crippen LogP contribution in [0.25, 0.3) is 0 Å². The minimum Gasteiger partial charge on any atom is -0.445 e. The van der Waals surface area contributed by atoms with E-state index in [4.69, 9.17) is 4.74 Å². The van der Waals surface area contributed by atoms with Crippen LogP contribution in [-0.2, 0) is 11.3 Å².